The predicted octanol–water partition coefficient (Wildman–Crippen LogP) is 1.49. The van der Waals surface area contributed by atoms with Crippen molar-refractivity contribution in [3.05, 3.63) is 0 Å². The number of Topliss-reactive ketones (excluding diaryl/α,β-unsaturated/α-hetero) is 1. The average Bonchev–Trinajstić information content (AvgIpc) is 3.40. The topological polar surface area (TPSA) is 135 Å². The molecule has 0 unspecified atom stereocenters. The smallest absolute Gasteiger partial charge is 0.318 e. The van der Waals surface area contributed by atoms with Gasteiger partial charge in [0.25, 0.3) is 5.91 Å². The number of carbonyl (C=O) groups excluding carboxylic acids is 4. The first-order valence-corrected chi connectivity index (χ1v) is 13.8. The fraction of sp³-hybridized carbons (Fsp3) is 0.846. The molecule has 2 saturated heterocycles. The van der Waals surface area contributed by atoms with E-state index in [0.717, 1.165) is 25.7 Å². The molecule has 3 rings (SSSR count). The Kier molecular flexibility index (Phi) is 10.7. The van der Waals surface area contributed by atoms with E-state index in [1.54, 1.807) is 4.90 Å². The molecule has 11 heteroatoms. The van der Waals surface area contributed by atoms with Gasteiger partial charge in [0, 0.05) is 19.0 Å². The van der Waals surface area contributed by atoms with Gasteiger partial charge in [-0.05, 0) is 19.3 Å². The second-order valence-corrected chi connectivity index (χ2v) is 10.6. The Hall–Kier alpha value is -2.24. The molecule has 2 aliphatic heterocycles. The third-order valence-corrected chi connectivity index (χ3v) is 7.63. The third kappa shape index (κ3) is 7.42. The van der Waals surface area contributed by atoms with Gasteiger partial charge in [-0.2, -0.15) is 0 Å². The van der Waals surface area contributed by atoms with Crippen LogP contribution in [0.4, 0.5) is 4.79 Å². The lowest BCUT2D eigenvalue weighted by Gasteiger charge is -2.39. The largest absolute Gasteiger partial charge is 0.378 e. The van der Waals surface area contributed by atoms with Crippen LogP contribution in [-0.4, -0.2) is 92.0 Å². The highest BCUT2D eigenvalue weighted by Crippen LogP contribution is 2.30. The Morgan fingerprint density at radius 1 is 0.946 bits per heavy atom. The standard InChI is InChI=1S/C26H44N4O7/c1-4-5-9-20(21(31)22(32)27-18-26(19(2)3)36-16-17-37-26)28-23(33)25(10-7-6-8-11-25)29-24(34)30-12-14-35-15-13-30/h19-20H,4-18H2,1-3H3,(H,27,32)(H,28,33)(H,29,34)/t20-/m0/s1. The summed E-state index contributed by atoms with van der Waals surface area (Å²) in [6.45, 7) is 8.59. The summed E-state index contributed by atoms with van der Waals surface area (Å²) in [5, 5.41) is 8.49. The minimum absolute atomic E-state index is 0.0257. The lowest BCUT2D eigenvalue weighted by molar-refractivity contribution is -0.185. The van der Waals surface area contributed by atoms with Crippen molar-refractivity contribution in [2.75, 3.05) is 46.1 Å². The molecule has 0 radical (unpaired) electrons. The van der Waals surface area contributed by atoms with Crippen molar-refractivity contribution in [3.63, 3.8) is 0 Å². The third-order valence-electron chi connectivity index (χ3n) is 7.63. The lowest BCUT2D eigenvalue weighted by atomic mass is 9.80. The first-order chi connectivity index (χ1) is 17.7. The van der Waals surface area contributed by atoms with Gasteiger partial charge in [-0.1, -0.05) is 52.9 Å². The van der Waals surface area contributed by atoms with Crippen LogP contribution in [-0.2, 0) is 28.6 Å². The highest BCUT2D eigenvalue weighted by molar-refractivity contribution is 6.38. The molecule has 3 aliphatic rings. The molecule has 37 heavy (non-hydrogen) atoms. The summed E-state index contributed by atoms with van der Waals surface area (Å²) < 4.78 is 16.8. The number of urea groups is 1. The van der Waals surface area contributed by atoms with Gasteiger partial charge in [-0.25, -0.2) is 4.79 Å². The summed E-state index contributed by atoms with van der Waals surface area (Å²) >= 11 is 0. The predicted molar refractivity (Wildman–Crippen MR) is 136 cm³/mol. The van der Waals surface area contributed by atoms with Gasteiger partial charge in [0.2, 0.25) is 11.7 Å². The van der Waals surface area contributed by atoms with Crippen LogP contribution in [0.25, 0.3) is 0 Å². The SMILES string of the molecule is CCCC[C@H](NC(=O)C1(NC(=O)N2CCOCC2)CCCCC1)C(=O)C(=O)NCC1(C(C)C)OCCO1. The maximum Gasteiger partial charge on any atom is 0.318 e. The maximum absolute atomic E-state index is 13.7. The van der Waals surface area contributed by atoms with E-state index in [9.17, 15) is 19.2 Å². The molecule has 3 N–H and O–H groups in total. The Bertz CT molecular complexity index is 801. The highest BCUT2D eigenvalue weighted by atomic mass is 16.7. The number of ketones is 1. The van der Waals surface area contributed by atoms with E-state index in [0.29, 0.717) is 65.2 Å². The zero-order valence-corrected chi connectivity index (χ0v) is 22.6. The Morgan fingerprint density at radius 2 is 1.59 bits per heavy atom. The summed E-state index contributed by atoms with van der Waals surface area (Å²) in [7, 11) is 0. The molecule has 1 atom stereocenters. The molecule has 210 valence electrons. The summed E-state index contributed by atoms with van der Waals surface area (Å²) in [5.74, 6) is -2.88. The van der Waals surface area contributed by atoms with E-state index in [1.165, 1.54) is 0 Å². The summed E-state index contributed by atoms with van der Waals surface area (Å²) in [5.41, 5.74) is -1.11. The van der Waals surface area contributed by atoms with Crippen LogP contribution in [0.3, 0.4) is 0 Å². The number of hydrogen-bond donors (Lipinski definition) is 3. The zero-order chi connectivity index (χ0) is 26.9. The molecule has 4 amide bonds. The minimum atomic E-state index is -1.11. The van der Waals surface area contributed by atoms with Crippen molar-refractivity contribution in [2.24, 2.45) is 5.92 Å². The van der Waals surface area contributed by atoms with Crippen LogP contribution in [0, 0.1) is 5.92 Å². The second-order valence-electron chi connectivity index (χ2n) is 10.6. The van der Waals surface area contributed by atoms with Crippen LogP contribution >= 0.6 is 0 Å². The number of hydrogen-bond acceptors (Lipinski definition) is 7. The van der Waals surface area contributed by atoms with Gasteiger partial charge in [0.15, 0.2) is 5.79 Å². The van der Waals surface area contributed by atoms with Crippen molar-refractivity contribution >= 4 is 23.6 Å². The molecule has 0 spiro atoms. The summed E-state index contributed by atoms with van der Waals surface area (Å²) in [6, 6.07) is -1.28. The fourth-order valence-electron chi connectivity index (χ4n) is 5.15. The van der Waals surface area contributed by atoms with Gasteiger partial charge >= 0.3 is 6.03 Å². The molecule has 0 aromatic rings. The van der Waals surface area contributed by atoms with Crippen LogP contribution in [0.2, 0.25) is 0 Å². The van der Waals surface area contributed by atoms with Crippen LogP contribution < -0.4 is 16.0 Å². The monoisotopic (exact) mass is 524 g/mol. The van der Waals surface area contributed by atoms with E-state index in [4.69, 9.17) is 14.2 Å². The molecule has 3 fully saturated rings. The van der Waals surface area contributed by atoms with Crippen molar-refractivity contribution in [1.29, 1.82) is 0 Å². The fourth-order valence-corrected chi connectivity index (χ4v) is 5.15. The van der Waals surface area contributed by atoms with Gasteiger partial charge < -0.3 is 35.1 Å². The molecule has 0 aromatic carbocycles. The maximum atomic E-state index is 13.7. The van der Waals surface area contributed by atoms with Crippen LogP contribution in [0.1, 0.15) is 72.1 Å². The average molecular weight is 525 g/mol. The second kappa shape index (κ2) is 13.5. The summed E-state index contributed by atoms with van der Waals surface area (Å²) in [4.78, 5) is 54.4. The normalized spacial score (nSPS) is 21.8. The number of nitrogens with zero attached hydrogens (tertiary/aromatic N) is 1. The molecule has 1 saturated carbocycles. The van der Waals surface area contributed by atoms with Gasteiger partial charge in [-0.15, -0.1) is 0 Å². The van der Waals surface area contributed by atoms with E-state index in [-0.39, 0.29) is 18.5 Å². The number of rotatable bonds is 11. The number of amides is 4. The zero-order valence-electron chi connectivity index (χ0n) is 22.6. The van der Waals surface area contributed by atoms with Crippen molar-refractivity contribution in [2.45, 2.75) is 89.5 Å². The molecule has 2 heterocycles. The molecular weight excluding hydrogens is 480 g/mol. The molecule has 11 nitrogen and oxygen atoms in total. The number of ether oxygens (including phenoxy) is 3. The first kappa shape index (κ1) is 29.3. The lowest BCUT2D eigenvalue weighted by Crippen LogP contribution is -2.64. The molecular formula is C26H44N4O7. The van der Waals surface area contributed by atoms with E-state index in [2.05, 4.69) is 16.0 Å². The first-order valence-electron chi connectivity index (χ1n) is 13.8. The number of unbranched alkanes of at least 4 members (excludes halogenated alkanes) is 1. The van der Waals surface area contributed by atoms with Crippen LogP contribution in [0.5, 0.6) is 0 Å². The van der Waals surface area contributed by atoms with Crippen molar-refractivity contribution in [1.82, 2.24) is 20.9 Å². The van der Waals surface area contributed by atoms with Crippen LogP contribution in [0.15, 0.2) is 0 Å². The Balaban J connectivity index is 1.68. The quantitative estimate of drug-likeness (QED) is 0.349. The van der Waals surface area contributed by atoms with Gasteiger partial charge in [0.1, 0.15) is 5.54 Å². The highest BCUT2D eigenvalue weighted by Gasteiger charge is 2.44. The van der Waals surface area contributed by atoms with E-state index < -0.39 is 35.0 Å². The van der Waals surface area contributed by atoms with E-state index >= 15 is 0 Å². The van der Waals surface area contributed by atoms with Gasteiger partial charge in [0.05, 0.1) is 39.0 Å². The number of carbonyl (C=O) groups is 4. The minimum Gasteiger partial charge on any atom is -0.378 e. The number of nitrogens with one attached hydrogen (secondary N) is 3. The number of morpholine rings is 1. The van der Waals surface area contributed by atoms with E-state index in [1.807, 2.05) is 20.8 Å². The molecule has 0 bridgehead atoms. The molecule has 0 aromatic heterocycles. The molecule has 1 aliphatic carbocycles. The van der Waals surface area contributed by atoms with Crippen molar-refractivity contribution in [3.8, 4) is 0 Å². The Labute approximate surface area is 219 Å². The van der Waals surface area contributed by atoms with Crippen molar-refractivity contribution < 1.29 is 33.4 Å². The van der Waals surface area contributed by atoms with Gasteiger partial charge in [-0.3, -0.25) is 14.4 Å². The summed E-state index contributed by atoms with van der Waals surface area (Å²) in [6.07, 6.45) is 5.35. The Morgan fingerprint density at radius 3 is 2.19 bits per heavy atom.